The van der Waals surface area contributed by atoms with E-state index in [1.807, 2.05) is 6.07 Å². The number of nitrogens with zero attached hydrogens (tertiary/aromatic N) is 1. The smallest absolute Gasteiger partial charge is 0.167 e. The zero-order valence-corrected chi connectivity index (χ0v) is 10.7. The molecule has 2 fully saturated rings. The molecule has 2 heterocycles. The van der Waals surface area contributed by atoms with E-state index in [9.17, 15) is 4.39 Å². The van der Waals surface area contributed by atoms with Crippen molar-refractivity contribution in [3.63, 3.8) is 0 Å². The minimum absolute atomic E-state index is 0.275. The lowest BCUT2D eigenvalue weighted by Crippen LogP contribution is -2.48. The van der Waals surface area contributed by atoms with E-state index < -0.39 is 0 Å². The summed E-state index contributed by atoms with van der Waals surface area (Å²) in [5.74, 6) is 0.0416. The highest BCUT2D eigenvalue weighted by atomic mass is 19.1. The average Bonchev–Trinajstić information content (AvgIpc) is 2.86. The molecule has 0 bridgehead atoms. The van der Waals surface area contributed by atoms with Crippen molar-refractivity contribution in [2.24, 2.45) is 0 Å². The van der Waals surface area contributed by atoms with Crippen LogP contribution in [0.5, 0.6) is 5.75 Å². The fraction of sp³-hybridized carbons (Fsp3) is 0.571. The van der Waals surface area contributed by atoms with E-state index in [-0.39, 0.29) is 5.82 Å². The summed E-state index contributed by atoms with van der Waals surface area (Å²) < 4.78 is 18.8. The normalized spacial score (nSPS) is 27.1. The van der Waals surface area contributed by atoms with Crippen LogP contribution in [0.25, 0.3) is 0 Å². The quantitative estimate of drug-likeness (QED) is 0.870. The summed E-state index contributed by atoms with van der Waals surface area (Å²) in [5, 5.41) is 3.54. The van der Waals surface area contributed by atoms with Crippen LogP contribution in [0.3, 0.4) is 0 Å². The molecule has 0 spiro atoms. The Morgan fingerprint density at radius 2 is 2.28 bits per heavy atom. The van der Waals surface area contributed by atoms with Gasteiger partial charge in [-0.05, 0) is 37.9 Å². The number of nitrogens with one attached hydrogen (secondary N) is 1. The van der Waals surface area contributed by atoms with Gasteiger partial charge in [-0.1, -0.05) is 0 Å². The van der Waals surface area contributed by atoms with Crippen molar-refractivity contribution in [1.29, 1.82) is 0 Å². The van der Waals surface area contributed by atoms with Crippen LogP contribution in [0.2, 0.25) is 0 Å². The summed E-state index contributed by atoms with van der Waals surface area (Å²) in [4.78, 5) is 2.34. The Morgan fingerprint density at radius 1 is 1.39 bits per heavy atom. The number of halogens is 1. The molecule has 2 unspecified atom stereocenters. The molecule has 1 aromatic carbocycles. The highest BCUT2D eigenvalue weighted by Crippen LogP contribution is 2.31. The number of benzene rings is 1. The molecule has 0 amide bonds. The molecule has 2 aliphatic heterocycles. The largest absolute Gasteiger partial charge is 0.494 e. The highest BCUT2D eigenvalue weighted by Gasteiger charge is 2.34. The van der Waals surface area contributed by atoms with Gasteiger partial charge in [0.15, 0.2) is 11.6 Å². The lowest BCUT2D eigenvalue weighted by molar-refractivity contribution is 0.385. The molecule has 0 radical (unpaired) electrons. The number of fused-ring (bicyclic) bond motifs is 1. The van der Waals surface area contributed by atoms with Gasteiger partial charge in [0.25, 0.3) is 0 Å². The molecule has 0 aromatic heterocycles. The first-order valence-electron chi connectivity index (χ1n) is 6.63. The van der Waals surface area contributed by atoms with Crippen LogP contribution in [0.15, 0.2) is 18.2 Å². The molecule has 4 heteroatoms. The minimum atomic E-state index is -0.275. The molecule has 18 heavy (non-hydrogen) atoms. The van der Waals surface area contributed by atoms with E-state index in [4.69, 9.17) is 4.74 Å². The highest BCUT2D eigenvalue weighted by molar-refractivity contribution is 5.51. The molecule has 0 aliphatic carbocycles. The Labute approximate surface area is 107 Å². The second-order valence-corrected chi connectivity index (χ2v) is 5.07. The number of methoxy groups -OCH3 is 1. The number of ether oxygens (including phenoxy) is 1. The lowest BCUT2D eigenvalue weighted by Gasteiger charge is -2.39. The molecule has 2 saturated heterocycles. The van der Waals surface area contributed by atoms with Crippen molar-refractivity contribution in [2.45, 2.75) is 31.3 Å². The standard InChI is InChI=1S/C14H19FN2O/c1-18-14-5-4-10(9-11(14)15)17-8-2-3-12-13(17)6-7-16-12/h4-5,9,12-13,16H,2-3,6-8H2,1H3. The van der Waals surface area contributed by atoms with Crippen molar-refractivity contribution < 1.29 is 9.13 Å². The number of rotatable bonds is 2. The Bertz CT molecular complexity index is 438. The summed E-state index contributed by atoms with van der Waals surface area (Å²) in [5.41, 5.74) is 0.978. The predicted molar refractivity (Wildman–Crippen MR) is 69.7 cm³/mol. The second-order valence-electron chi connectivity index (χ2n) is 5.07. The Morgan fingerprint density at radius 3 is 3.06 bits per heavy atom. The van der Waals surface area contributed by atoms with Gasteiger partial charge >= 0.3 is 0 Å². The zero-order chi connectivity index (χ0) is 12.5. The van der Waals surface area contributed by atoms with E-state index in [0.29, 0.717) is 17.8 Å². The van der Waals surface area contributed by atoms with Crippen molar-refractivity contribution in [3.8, 4) is 5.75 Å². The van der Waals surface area contributed by atoms with E-state index in [1.165, 1.54) is 20.0 Å². The van der Waals surface area contributed by atoms with Crippen molar-refractivity contribution in [2.75, 3.05) is 25.1 Å². The summed E-state index contributed by atoms with van der Waals surface area (Å²) in [6, 6.07) is 6.37. The van der Waals surface area contributed by atoms with Crippen molar-refractivity contribution in [3.05, 3.63) is 24.0 Å². The third-order valence-electron chi connectivity index (χ3n) is 4.09. The zero-order valence-electron chi connectivity index (χ0n) is 10.7. The molecule has 0 saturated carbocycles. The van der Waals surface area contributed by atoms with Gasteiger partial charge in [0.1, 0.15) is 0 Å². The topological polar surface area (TPSA) is 24.5 Å². The molecule has 2 atom stereocenters. The van der Waals surface area contributed by atoms with Gasteiger partial charge in [-0.3, -0.25) is 0 Å². The fourth-order valence-electron chi connectivity index (χ4n) is 3.22. The summed E-state index contributed by atoms with van der Waals surface area (Å²) in [6.07, 6.45) is 3.56. The second kappa shape index (κ2) is 4.76. The summed E-state index contributed by atoms with van der Waals surface area (Å²) in [6.45, 7) is 2.10. The van der Waals surface area contributed by atoms with Crippen LogP contribution in [-0.2, 0) is 0 Å². The molecular formula is C14H19FN2O. The first-order valence-corrected chi connectivity index (χ1v) is 6.63. The summed E-state index contributed by atoms with van der Waals surface area (Å²) in [7, 11) is 1.50. The Kier molecular flexibility index (Phi) is 3.12. The Balaban J connectivity index is 1.87. The maximum Gasteiger partial charge on any atom is 0.167 e. The number of piperidine rings is 1. The minimum Gasteiger partial charge on any atom is -0.494 e. The van der Waals surface area contributed by atoms with Crippen LogP contribution < -0.4 is 15.0 Å². The molecule has 3 rings (SSSR count). The predicted octanol–water partition coefficient (Wildman–Crippen LogP) is 2.17. The van der Waals surface area contributed by atoms with Gasteiger partial charge in [-0.25, -0.2) is 4.39 Å². The van der Waals surface area contributed by atoms with E-state index >= 15 is 0 Å². The Hall–Kier alpha value is -1.29. The molecule has 2 aliphatic rings. The van der Waals surface area contributed by atoms with Crippen molar-refractivity contribution >= 4 is 5.69 Å². The molecular weight excluding hydrogens is 231 g/mol. The number of hydrogen-bond acceptors (Lipinski definition) is 3. The first kappa shape index (κ1) is 11.8. The van der Waals surface area contributed by atoms with Gasteiger partial charge in [0.2, 0.25) is 0 Å². The van der Waals surface area contributed by atoms with Gasteiger partial charge in [-0.15, -0.1) is 0 Å². The van der Waals surface area contributed by atoms with Crippen LogP contribution in [0.4, 0.5) is 10.1 Å². The third kappa shape index (κ3) is 1.94. The fourth-order valence-corrected chi connectivity index (χ4v) is 3.22. The van der Waals surface area contributed by atoms with Crippen LogP contribution >= 0.6 is 0 Å². The van der Waals surface area contributed by atoms with Gasteiger partial charge in [-0.2, -0.15) is 0 Å². The maximum absolute atomic E-state index is 13.8. The molecule has 98 valence electrons. The van der Waals surface area contributed by atoms with Crippen LogP contribution in [-0.4, -0.2) is 32.3 Å². The van der Waals surface area contributed by atoms with Crippen molar-refractivity contribution in [1.82, 2.24) is 5.32 Å². The third-order valence-corrected chi connectivity index (χ3v) is 4.09. The maximum atomic E-state index is 13.8. The first-order chi connectivity index (χ1) is 8.79. The van der Waals surface area contributed by atoms with Gasteiger partial charge < -0.3 is 15.0 Å². The average molecular weight is 250 g/mol. The van der Waals surface area contributed by atoms with Crippen LogP contribution in [0.1, 0.15) is 19.3 Å². The molecule has 3 nitrogen and oxygen atoms in total. The lowest BCUT2D eigenvalue weighted by atomic mass is 9.96. The van der Waals surface area contributed by atoms with E-state index in [2.05, 4.69) is 10.2 Å². The van der Waals surface area contributed by atoms with Gasteiger partial charge in [0.05, 0.1) is 7.11 Å². The van der Waals surface area contributed by atoms with Gasteiger partial charge in [0, 0.05) is 30.4 Å². The SMILES string of the molecule is COc1ccc(N2CCCC3NCCC32)cc1F. The molecule has 1 aromatic rings. The van der Waals surface area contributed by atoms with E-state index in [0.717, 1.165) is 25.2 Å². The monoisotopic (exact) mass is 250 g/mol. The number of hydrogen-bond donors (Lipinski definition) is 1. The summed E-state index contributed by atoms with van der Waals surface area (Å²) >= 11 is 0. The molecule has 1 N–H and O–H groups in total. The van der Waals surface area contributed by atoms with E-state index in [1.54, 1.807) is 12.1 Å². The number of anilines is 1. The van der Waals surface area contributed by atoms with Crippen LogP contribution in [0, 0.1) is 5.82 Å².